The van der Waals surface area contributed by atoms with Gasteiger partial charge in [0.15, 0.2) is 0 Å². The second kappa shape index (κ2) is 5.05. The second-order valence-electron chi connectivity index (χ2n) is 4.11. The van der Waals surface area contributed by atoms with Gasteiger partial charge in [-0.15, -0.1) is 0 Å². The SMILES string of the molecule is COC1CN(C(C)C(N)=S)CCC1C. The normalized spacial score (nSPS) is 31.4. The zero-order chi connectivity index (χ0) is 10.7. The van der Waals surface area contributed by atoms with Gasteiger partial charge in [-0.3, -0.25) is 4.90 Å². The van der Waals surface area contributed by atoms with Crippen LogP contribution in [0.15, 0.2) is 0 Å². The van der Waals surface area contributed by atoms with Crippen molar-refractivity contribution < 1.29 is 4.74 Å². The lowest BCUT2D eigenvalue weighted by Gasteiger charge is -2.39. The van der Waals surface area contributed by atoms with Gasteiger partial charge in [-0.1, -0.05) is 19.1 Å². The lowest BCUT2D eigenvalue weighted by Crippen LogP contribution is -2.51. The topological polar surface area (TPSA) is 38.5 Å². The van der Waals surface area contributed by atoms with E-state index in [-0.39, 0.29) is 6.04 Å². The van der Waals surface area contributed by atoms with Gasteiger partial charge in [0.05, 0.1) is 17.1 Å². The summed E-state index contributed by atoms with van der Waals surface area (Å²) in [5.74, 6) is 0.634. The zero-order valence-electron chi connectivity index (χ0n) is 9.19. The standard InChI is InChI=1S/C10H20N2OS/c1-7-4-5-12(6-9(7)13-3)8(2)10(11)14/h7-9H,4-6H2,1-3H3,(H2,11,14). The molecular weight excluding hydrogens is 196 g/mol. The summed E-state index contributed by atoms with van der Waals surface area (Å²) < 4.78 is 5.44. The lowest BCUT2D eigenvalue weighted by atomic mass is 9.95. The summed E-state index contributed by atoms with van der Waals surface area (Å²) in [7, 11) is 1.77. The molecule has 0 spiro atoms. The molecule has 0 aromatic carbocycles. The van der Waals surface area contributed by atoms with Gasteiger partial charge in [0.1, 0.15) is 0 Å². The van der Waals surface area contributed by atoms with E-state index in [0.717, 1.165) is 19.5 Å². The average Bonchev–Trinajstić information content (AvgIpc) is 2.17. The van der Waals surface area contributed by atoms with Crippen LogP contribution in [0.3, 0.4) is 0 Å². The minimum atomic E-state index is 0.190. The first kappa shape index (κ1) is 11.9. The summed E-state index contributed by atoms with van der Waals surface area (Å²) in [6.07, 6.45) is 1.48. The Morgan fingerprint density at radius 1 is 1.64 bits per heavy atom. The Hall–Kier alpha value is -0.190. The molecule has 1 aliphatic rings. The van der Waals surface area contributed by atoms with Crippen molar-refractivity contribution in [3.63, 3.8) is 0 Å². The van der Waals surface area contributed by atoms with E-state index in [4.69, 9.17) is 22.7 Å². The van der Waals surface area contributed by atoms with E-state index in [1.54, 1.807) is 7.11 Å². The highest BCUT2D eigenvalue weighted by Crippen LogP contribution is 2.20. The Bertz CT molecular complexity index is 210. The summed E-state index contributed by atoms with van der Waals surface area (Å²) in [6.45, 7) is 6.30. The maximum absolute atomic E-state index is 5.64. The molecule has 0 amide bonds. The van der Waals surface area contributed by atoms with E-state index in [1.165, 1.54) is 0 Å². The van der Waals surface area contributed by atoms with Gasteiger partial charge in [-0.2, -0.15) is 0 Å². The number of methoxy groups -OCH3 is 1. The highest BCUT2D eigenvalue weighted by molar-refractivity contribution is 7.80. The van der Waals surface area contributed by atoms with Crippen LogP contribution in [0.4, 0.5) is 0 Å². The van der Waals surface area contributed by atoms with Gasteiger partial charge >= 0.3 is 0 Å². The maximum atomic E-state index is 5.64. The van der Waals surface area contributed by atoms with Gasteiger partial charge in [0, 0.05) is 13.7 Å². The first-order chi connectivity index (χ1) is 6.56. The fraction of sp³-hybridized carbons (Fsp3) is 0.900. The Balaban J connectivity index is 2.54. The Morgan fingerprint density at radius 3 is 2.79 bits per heavy atom. The molecule has 1 heterocycles. The van der Waals surface area contributed by atoms with Crippen molar-refractivity contribution in [2.24, 2.45) is 11.7 Å². The number of nitrogens with two attached hydrogens (primary N) is 1. The predicted octanol–water partition coefficient (Wildman–Crippen LogP) is 1.02. The molecule has 1 fully saturated rings. The maximum Gasteiger partial charge on any atom is 0.0899 e. The van der Waals surface area contributed by atoms with Gasteiger partial charge in [0.25, 0.3) is 0 Å². The first-order valence-corrected chi connectivity index (χ1v) is 5.53. The molecule has 0 aliphatic carbocycles. The first-order valence-electron chi connectivity index (χ1n) is 5.12. The largest absolute Gasteiger partial charge is 0.392 e. The Kier molecular flexibility index (Phi) is 4.29. The fourth-order valence-electron chi connectivity index (χ4n) is 1.90. The van der Waals surface area contributed by atoms with Crippen LogP contribution in [0.5, 0.6) is 0 Å². The molecule has 1 aliphatic heterocycles. The molecule has 2 N–H and O–H groups in total. The van der Waals surface area contributed by atoms with E-state index < -0.39 is 0 Å². The number of rotatable bonds is 3. The van der Waals surface area contributed by atoms with Crippen molar-refractivity contribution in [1.29, 1.82) is 0 Å². The van der Waals surface area contributed by atoms with E-state index >= 15 is 0 Å². The van der Waals surface area contributed by atoms with Crippen LogP contribution in [0.25, 0.3) is 0 Å². The Labute approximate surface area is 91.6 Å². The molecule has 0 radical (unpaired) electrons. The lowest BCUT2D eigenvalue weighted by molar-refractivity contribution is -0.00885. The van der Waals surface area contributed by atoms with Crippen LogP contribution in [0.1, 0.15) is 20.3 Å². The molecule has 82 valence electrons. The molecule has 0 saturated carbocycles. The van der Waals surface area contributed by atoms with Gasteiger partial charge < -0.3 is 10.5 Å². The van der Waals surface area contributed by atoms with Crippen molar-refractivity contribution in [2.75, 3.05) is 20.2 Å². The molecule has 1 rings (SSSR count). The van der Waals surface area contributed by atoms with Crippen LogP contribution in [-0.4, -0.2) is 42.2 Å². The average molecular weight is 216 g/mol. The van der Waals surface area contributed by atoms with Crippen LogP contribution in [-0.2, 0) is 4.74 Å². The summed E-state index contributed by atoms with van der Waals surface area (Å²) in [4.78, 5) is 2.88. The second-order valence-corrected chi connectivity index (χ2v) is 4.58. The highest BCUT2D eigenvalue weighted by atomic mass is 32.1. The third-order valence-electron chi connectivity index (χ3n) is 3.18. The summed E-state index contributed by atoms with van der Waals surface area (Å²) >= 11 is 5.00. The molecule has 0 aromatic rings. The van der Waals surface area contributed by atoms with E-state index in [2.05, 4.69) is 18.7 Å². The fourth-order valence-corrected chi connectivity index (χ4v) is 2.05. The van der Waals surface area contributed by atoms with Crippen molar-refractivity contribution in [3.05, 3.63) is 0 Å². The molecule has 3 atom stereocenters. The predicted molar refractivity (Wildman–Crippen MR) is 62.4 cm³/mol. The van der Waals surface area contributed by atoms with Crippen molar-refractivity contribution >= 4 is 17.2 Å². The minimum Gasteiger partial charge on any atom is -0.392 e. The van der Waals surface area contributed by atoms with E-state index in [9.17, 15) is 0 Å². The van der Waals surface area contributed by atoms with Gasteiger partial charge in [-0.25, -0.2) is 0 Å². The summed E-state index contributed by atoms with van der Waals surface area (Å²) in [6, 6.07) is 0.190. The van der Waals surface area contributed by atoms with Crippen LogP contribution >= 0.6 is 12.2 Å². The Morgan fingerprint density at radius 2 is 2.29 bits per heavy atom. The highest BCUT2D eigenvalue weighted by Gasteiger charge is 2.29. The van der Waals surface area contributed by atoms with Crippen LogP contribution in [0.2, 0.25) is 0 Å². The number of ether oxygens (including phenoxy) is 1. The summed E-state index contributed by atoms with van der Waals surface area (Å²) in [5.41, 5.74) is 5.64. The monoisotopic (exact) mass is 216 g/mol. The molecule has 14 heavy (non-hydrogen) atoms. The third-order valence-corrected chi connectivity index (χ3v) is 3.52. The molecule has 4 heteroatoms. The number of likely N-dealkylation sites (tertiary alicyclic amines) is 1. The van der Waals surface area contributed by atoms with Gasteiger partial charge in [-0.05, 0) is 25.8 Å². The molecule has 3 unspecified atom stereocenters. The smallest absolute Gasteiger partial charge is 0.0899 e. The number of hydrogen-bond acceptors (Lipinski definition) is 3. The van der Waals surface area contributed by atoms with E-state index in [0.29, 0.717) is 17.0 Å². The minimum absolute atomic E-state index is 0.190. The molecular formula is C10H20N2OS. The number of nitrogens with zero attached hydrogens (tertiary/aromatic N) is 1. The van der Waals surface area contributed by atoms with Crippen LogP contribution < -0.4 is 5.73 Å². The molecule has 1 saturated heterocycles. The third kappa shape index (κ3) is 2.65. The summed E-state index contributed by atoms with van der Waals surface area (Å²) in [5, 5.41) is 0. The molecule has 3 nitrogen and oxygen atoms in total. The molecule has 0 bridgehead atoms. The van der Waals surface area contributed by atoms with Crippen molar-refractivity contribution in [1.82, 2.24) is 4.90 Å². The quantitative estimate of drug-likeness (QED) is 0.715. The van der Waals surface area contributed by atoms with Crippen molar-refractivity contribution in [2.45, 2.75) is 32.4 Å². The molecule has 0 aromatic heterocycles. The number of thiocarbonyl (C=S) groups is 1. The van der Waals surface area contributed by atoms with Gasteiger partial charge in [0.2, 0.25) is 0 Å². The number of piperidine rings is 1. The number of hydrogen-bond donors (Lipinski definition) is 1. The zero-order valence-corrected chi connectivity index (χ0v) is 10.0. The van der Waals surface area contributed by atoms with Crippen molar-refractivity contribution in [3.8, 4) is 0 Å². The van der Waals surface area contributed by atoms with Crippen LogP contribution in [0, 0.1) is 5.92 Å². The van der Waals surface area contributed by atoms with E-state index in [1.807, 2.05) is 0 Å².